The Morgan fingerprint density at radius 2 is 2.00 bits per heavy atom. The largest absolute Gasteiger partial charge is 0.456 e. The summed E-state index contributed by atoms with van der Waals surface area (Å²) in [6.45, 7) is 3.71. The molecule has 0 aliphatic carbocycles. The van der Waals surface area contributed by atoms with E-state index in [4.69, 9.17) is 9.84 Å². The second-order valence-electron chi connectivity index (χ2n) is 4.52. The number of aliphatic hydroxyl groups excluding tert-OH is 1. The van der Waals surface area contributed by atoms with Crippen LogP contribution in [0.5, 0.6) is 11.5 Å². The fourth-order valence-electron chi connectivity index (χ4n) is 2.06. The van der Waals surface area contributed by atoms with Gasteiger partial charge in [0.1, 0.15) is 23.1 Å². The first-order valence-corrected chi connectivity index (χ1v) is 6.40. The van der Waals surface area contributed by atoms with Crippen LogP contribution in [0.1, 0.15) is 22.5 Å². The van der Waals surface area contributed by atoms with Gasteiger partial charge in [0.05, 0.1) is 5.69 Å². The third kappa shape index (κ3) is 2.95. The predicted molar refractivity (Wildman–Crippen MR) is 75.7 cm³/mol. The molecular weight excluding hydrogens is 252 g/mol. The van der Waals surface area contributed by atoms with Crippen LogP contribution in [0.25, 0.3) is 0 Å². The minimum atomic E-state index is 0.0554. The number of aryl methyl sites for hydroxylation is 2. The van der Waals surface area contributed by atoms with Crippen LogP contribution in [-0.4, -0.2) is 16.7 Å². The molecule has 0 amide bonds. The molecule has 0 saturated carbocycles. The van der Waals surface area contributed by atoms with Crippen molar-refractivity contribution in [1.29, 1.82) is 5.26 Å². The van der Waals surface area contributed by atoms with E-state index in [1.54, 1.807) is 13.0 Å². The van der Waals surface area contributed by atoms with Gasteiger partial charge < -0.3 is 9.84 Å². The van der Waals surface area contributed by atoms with E-state index < -0.39 is 0 Å². The first kappa shape index (κ1) is 14.0. The maximum Gasteiger partial charge on any atom is 0.148 e. The normalized spacial score (nSPS) is 10.1. The van der Waals surface area contributed by atoms with Gasteiger partial charge in [-0.3, -0.25) is 4.98 Å². The minimum Gasteiger partial charge on any atom is -0.456 e. The number of aliphatic hydroxyl groups is 1. The van der Waals surface area contributed by atoms with Crippen molar-refractivity contribution in [3.63, 3.8) is 0 Å². The molecule has 2 rings (SSSR count). The van der Waals surface area contributed by atoms with Crippen LogP contribution in [0.3, 0.4) is 0 Å². The zero-order chi connectivity index (χ0) is 14.5. The number of ether oxygens (including phenoxy) is 1. The lowest BCUT2D eigenvalue weighted by atomic mass is 10.1. The maximum atomic E-state index is 9.23. The van der Waals surface area contributed by atoms with Crippen LogP contribution in [-0.2, 0) is 6.42 Å². The first-order chi connectivity index (χ1) is 9.65. The number of nitrogens with zero attached hydrogens (tertiary/aromatic N) is 2. The van der Waals surface area contributed by atoms with Gasteiger partial charge in [-0.25, -0.2) is 0 Å². The van der Waals surface area contributed by atoms with E-state index >= 15 is 0 Å². The van der Waals surface area contributed by atoms with Gasteiger partial charge in [-0.15, -0.1) is 0 Å². The maximum absolute atomic E-state index is 9.23. The van der Waals surface area contributed by atoms with Crippen LogP contribution in [0.4, 0.5) is 0 Å². The SMILES string of the molecule is Cc1cc(Oc2ccccc2CCO)c(C#N)c(C)n1. The Bertz CT molecular complexity index is 660. The number of aromatic nitrogens is 1. The molecule has 4 heteroatoms. The summed E-state index contributed by atoms with van der Waals surface area (Å²) in [7, 11) is 0. The third-order valence-electron chi connectivity index (χ3n) is 2.98. The van der Waals surface area contributed by atoms with Crippen molar-refractivity contribution in [3.8, 4) is 17.6 Å². The number of pyridine rings is 1. The van der Waals surface area contributed by atoms with Crippen LogP contribution in [0.2, 0.25) is 0 Å². The Labute approximate surface area is 118 Å². The number of rotatable bonds is 4. The van der Waals surface area contributed by atoms with Crippen molar-refractivity contribution >= 4 is 0 Å². The van der Waals surface area contributed by atoms with Crippen molar-refractivity contribution in [2.24, 2.45) is 0 Å². The Hall–Kier alpha value is -2.38. The Morgan fingerprint density at radius 1 is 1.25 bits per heavy atom. The monoisotopic (exact) mass is 268 g/mol. The van der Waals surface area contributed by atoms with Crippen LogP contribution < -0.4 is 4.74 Å². The van der Waals surface area contributed by atoms with Crippen LogP contribution in [0.15, 0.2) is 30.3 Å². The molecule has 0 atom stereocenters. The molecule has 0 saturated heterocycles. The van der Waals surface area contributed by atoms with Gasteiger partial charge in [0, 0.05) is 18.4 Å². The molecule has 0 aliphatic rings. The molecular formula is C16H16N2O2. The molecule has 0 spiro atoms. The highest BCUT2D eigenvalue weighted by molar-refractivity contribution is 5.49. The first-order valence-electron chi connectivity index (χ1n) is 6.40. The summed E-state index contributed by atoms with van der Waals surface area (Å²) in [6, 6.07) is 11.4. The van der Waals surface area contributed by atoms with Gasteiger partial charge in [-0.1, -0.05) is 18.2 Å². The van der Waals surface area contributed by atoms with Crippen molar-refractivity contribution in [2.45, 2.75) is 20.3 Å². The number of hydrogen-bond donors (Lipinski definition) is 1. The Balaban J connectivity index is 2.43. The van der Waals surface area contributed by atoms with E-state index in [9.17, 15) is 5.26 Å². The molecule has 0 radical (unpaired) electrons. The molecule has 4 nitrogen and oxygen atoms in total. The predicted octanol–water partition coefficient (Wildman–Crippen LogP) is 2.90. The molecule has 20 heavy (non-hydrogen) atoms. The van der Waals surface area contributed by atoms with E-state index in [0.717, 1.165) is 11.3 Å². The summed E-state index contributed by atoms with van der Waals surface area (Å²) < 4.78 is 5.87. The molecule has 1 N–H and O–H groups in total. The van der Waals surface area contributed by atoms with Gasteiger partial charge in [-0.2, -0.15) is 5.26 Å². The number of benzene rings is 1. The van der Waals surface area contributed by atoms with Gasteiger partial charge >= 0.3 is 0 Å². The zero-order valence-electron chi connectivity index (χ0n) is 11.6. The molecule has 2 aromatic rings. The average molecular weight is 268 g/mol. The lowest BCUT2D eigenvalue weighted by Crippen LogP contribution is -1.99. The quantitative estimate of drug-likeness (QED) is 0.925. The summed E-state index contributed by atoms with van der Waals surface area (Å²) in [5.41, 5.74) is 2.80. The van der Waals surface area contributed by atoms with Crippen LogP contribution in [0, 0.1) is 25.2 Å². The number of para-hydroxylation sites is 1. The molecule has 1 aromatic carbocycles. The summed E-state index contributed by atoms with van der Waals surface area (Å²) >= 11 is 0. The van der Waals surface area contributed by atoms with Gasteiger partial charge in [0.15, 0.2) is 0 Å². The Morgan fingerprint density at radius 3 is 2.70 bits per heavy atom. The van der Waals surface area contributed by atoms with Crippen molar-refractivity contribution < 1.29 is 9.84 Å². The van der Waals surface area contributed by atoms with Crippen molar-refractivity contribution in [1.82, 2.24) is 4.98 Å². The molecule has 1 heterocycles. The Kier molecular flexibility index (Phi) is 4.34. The molecule has 1 aromatic heterocycles. The van der Waals surface area contributed by atoms with E-state index in [1.807, 2.05) is 31.2 Å². The number of hydrogen-bond acceptors (Lipinski definition) is 4. The van der Waals surface area contributed by atoms with Crippen LogP contribution >= 0.6 is 0 Å². The lowest BCUT2D eigenvalue weighted by molar-refractivity contribution is 0.298. The standard InChI is InChI=1S/C16H16N2O2/c1-11-9-16(14(10-17)12(2)18-11)20-15-6-4-3-5-13(15)7-8-19/h3-6,9,19H,7-8H2,1-2H3. The van der Waals surface area contributed by atoms with Crippen molar-refractivity contribution in [2.75, 3.05) is 6.61 Å². The molecule has 102 valence electrons. The zero-order valence-corrected chi connectivity index (χ0v) is 11.6. The second kappa shape index (κ2) is 6.18. The van der Waals surface area contributed by atoms with E-state index in [1.165, 1.54) is 0 Å². The highest BCUT2D eigenvalue weighted by atomic mass is 16.5. The van der Waals surface area contributed by atoms with Gasteiger partial charge in [0.2, 0.25) is 0 Å². The van der Waals surface area contributed by atoms with Crippen molar-refractivity contribution in [3.05, 3.63) is 52.8 Å². The summed E-state index contributed by atoms with van der Waals surface area (Å²) in [5.74, 6) is 1.16. The van der Waals surface area contributed by atoms with E-state index in [2.05, 4.69) is 11.1 Å². The summed E-state index contributed by atoms with van der Waals surface area (Å²) in [6.07, 6.45) is 0.515. The third-order valence-corrected chi connectivity index (χ3v) is 2.98. The summed E-state index contributed by atoms with van der Waals surface area (Å²) in [4.78, 5) is 4.26. The molecule has 0 fully saturated rings. The lowest BCUT2D eigenvalue weighted by Gasteiger charge is -2.13. The summed E-state index contributed by atoms with van der Waals surface area (Å²) in [5, 5.41) is 18.3. The highest BCUT2D eigenvalue weighted by Gasteiger charge is 2.12. The minimum absolute atomic E-state index is 0.0554. The smallest absolute Gasteiger partial charge is 0.148 e. The molecule has 0 unspecified atom stereocenters. The topological polar surface area (TPSA) is 66.1 Å². The fraction of sp³-hybridized carbons (Fsp3) is 0.250. The number of nitriles is 1. The second-order valence-corrected chi connectivity index (χ2v) is 4.52. The van der Waals surface area contributed by atoms with Gasteiger partial charge in [-0.05, 0) is 31.9 Å². The fourth-order valence-corrected chi connectivity index (χ4v) is 2.06. The van der Waals surface area contributed by atoms with Gasteiger partial charge in [0.25, 0.3) is 0 Å². The van der Waals surface area contributed by atoms with E-state index in [-0.39, 0.29) is 6.61 Å². The molecule has 0 bridgehead atoms. The highest BCUT2D eigenvalue weighted by Crippen LogP contribution is 2.29. The molecule has 0 aliphatic heterocycles. The average Bonchev–Trinajstić information content (AvgIpc) is 2.41. The van der Waals surface area contributed by atoms with E-state index in [0.29, 0.717) is 29.2 Å².